The number of aromatic amines is 1. The lowest BCUT2D eigenvalue weighted by Crippen LogP contribution is -2.35. The summed E-state index contributed by atoms with van der Waals surface area (Å²) in [7, 11) is 0. The Morgan fingerprint density at radius 2 is 2.00 bits per heavy atom. The molecule has 0 aliphatic heterocycles. The number of aromatic nitrogens is 2. The molecule has 3 rings (SSSR count). The van der Waals surface area contributed by atoms with Crippen LogP contribution in [0.2, 0.25) is 0 Å². The second-order valence-corrected chi connectivity index (χ2v) is 5.79. The van der Waals surface area contributed by atoms with Crippen molar-refractivity contribution >= 4 is 5.82 Å². The minimum atomic E-state index is -0.363. The van der Waals surface area contributed by atoms with Crippen molar-refractivity contribution in [3.63, 3.8) is 0 Å². The zero-order valence-corrected chi connectivity index (χ0v) is 12.7. The minimum Gasteiger partial charge on any atom is -0.364 e. The molecule has 1 aliphatic carbocycles. The fourth-order valence-corrected chi connectivity index (χ4v) is 2.97. The monoisotopic (exact) mass is 299 g/mol. The molecule has 1 heterocycles. The summed E-state index contributed by atoms with van der Waals surface area (Å²) in [4.78, 5) is 26.7. The lowest BCUT2D eigenvalue weighted by Gasteiger charge is -2.35. The van der Waals surface area contributed by atoms with E-state index in [1.807, 2.05) is 18.2 Å². The van der Waals surface area contributed by atoms with Crippen LogP contribution >= 0.6 is 0 Å². The maximum Gasteiger partial charge on any atom is 0.329 e. The van der Waals surface area contributed by atoms with Gasteiger partial charge >= 0.3 is 5.69 Å². The number of nitrogens with one attached hydrogen (secondary N) is 2. The Balaban J connectivity index is 1.91. The zero-order chi connectivity index (χ0) is 15.5. The number of hydrogen-bond donors (Lipinski definition) is 2. The number of rotatable bonds is 5. The van der Waals surface area contributed by atoms with Crippen LogP contribution in [0.4, 0.5) is 5.82 Å². The van der Waals surface area contributed by atoms with Crippen LogP contribution in [0.1, 0.15) is 37.8 Å². The van der Waals surface area contributed by atoms with Gasteiger partial charge < -0.3 is 5.32 Å². The number of benzene rings is 1. The van der Waals surface area contributed by atoms with Crippen molar-refractivity contribution in [3.8, 4) is 0 Å². The highest BCUT2D eigenvalue weighted by Gasteiger charge is 2.28. The smallest absolute Gasteiger partial charge is 0.329 e. The van der Waals surface area contributed by atoms with Gasteiger partial charge in [0.1, 0.15) is 5.82 Å². The summed E-state index contributed by atoms with van der Waals surface area (Å²) in [6, 6.07) is 11.8. The molecule has 1 atom stereocenters. The van der Waals surface area contributed by atoms with Gasteiger partial charge in [-0.1, -0.05) is 36.8 Å². The molecule has 116 valence electrons. The maximum absolute atomic E-state index is 12.0. The van der Waals surface area contributed by atoms with Gasteiger partial charge in [0.2, 0.25) is 0 Å². The van der Waals surface area contributed by atoms with Crippen LogP contribution in [0.5, 0.6) is 0 Å². The Hall–Kier alpha value is -2.30. The first-order chi connectivity index (χ1) is 10.7. The Labute approximate surface area is 129 Å². The van der Waals surface area contributed by atoms with Crippen LogP contribution in [0.3, 0.4) is 0 Å². The largest absolute Gasteiger partial charge is 0.364 e. The summed E-state index contributed by atoms with van der Waals surface area (Å²) >= 11 is 0. The molecule has 22 heavy (non-hydrogen) atoms. The van der Waals surface area contributed by atoms with Crippen molar-refractivity contribution in [3.05, 3.63) is 62.8 Å². The Morgan fingerprint density at radius 3 is 2.55 bits per heavy atom. The second-order valence-electron chi connectivity index (χ2n) is 5.79. The predicted octanol–water partition coefficient (Wildman–Crippen LogP) is 2.51. The van der Waals surface area contributed by atoms with E-state index in [0.717, 1.165) is 0 Å². The fraction of sp³-hybridized carbons (Fsp3) is 0.412. The first-order valence-corrected chi connectivity index (χ1v) is 7.84. The van der Waals surface area contributed by atoms with E-state index in [1.54, 1.807) is 6.92 Å². The van der Waals surface area contributed by atoms with Crippen molar-refractivity contribution in [2.75, 3.05) is 5.32 Å². The third-order valence-corrected chi connectivity index (χ3v) is 4.43. The average Bonchev–Trinajstić information content (AvgIpc) is 2.45. The molecule has 0 bridgehead atoms. The SMILES string of the molecule is CCn1c(=O)cc(N[C@H](c2ccccc2)C2CCC2)[nH]c1=O. The molecule has 0 saturated heterocycles. The second kappa shape index (κ2) is 6.22. The van der Waals surface area contributed by atoms with Crippen molar-refractivity contribution in [1.29, 1.82) is 0 Å². The van der Waals surface area contributed by atoms with E-state index < -0.39 is 0 Å². The minimum absolute atomic E-state index is 0.127. The topological polar surface area (TPSA) is 66.9 Å². The summed E-state index contributed by atoms with van der Waals surface area (Å²) in [6.45, 7) is 2.16. The van der Waals surface area contributed by atoms with E-state index in [4.69, 9.17) is 0 Å². The van der Waals surface area contributed by atoms with Crippen LogP contribution in [0.25, 0.3) is 0 Å². The average molecular weight is 299 g/mol. The molecule has 0 spiro atoms. The van der Waals surface area contributed by atoms with Crippen molar-refractivity contribution < 1.29 is 0 Å². The summed E-state index contributed by atoms with van der Waals surface area (Å²) < 4.78 is 1.19. The molecule has 2 aromatic rings. The Morgan fingerprint density at radius 1 is 1.27 bits per heavy atom. The highest BCUT2D eigenvalue weighted by molar-refractivity contribution is 5.38. The standard InChI is InChI=1S/C17H21N3O2/c1-2-20-15(21)11-14(19-17(20)22)18-16(13-9-6-10-13)12-7-4-3-5-8-12/h3-5,7-8,11,13,16,18H,2,6,9-10H2,1H3,(H,19,22)/t16-/m1/s1. The number of hydrogen-bond acceptors (Lipinski definition) is 3. The van der Waals surface area contributed by atoms with E-state index in [0.29, 0.717) is 18.3 Å². The highest BCUT2D eigenvalue weighted by atomic mass is 16.2. The lowest BCUT2D eigenvalue weighted by molar-refractivity contribution is 0.276. The Kier molecular flexibility index (Phi) is 4.13. The molecule has 1 aromatic heterocycles. The molecule has 1 saturated carbocycles. The summed E-state index contributed by atoms with van der Waals surface area (Å²) in [5.41, 5.74) is 0.555. The summed E-state index contributed by atoms with van der Waals surface area (Å²) in [5, 5.41) is 3.36. The molecule has 0 unspecified atom stereocenters. The molecule has 0 radical (unpaired) electrons. The molecule has 0 amide bonds. The van der Waals surface area contributed by atoms with Crippen LogP contribution in [0, 0.1) is 5.92 Å². The van der Waals surface area contributed by atoms with Crippen LogP contribution in [0.15, 0.2) is 46.0 Å². The van der Waals surface area contributed by atoms with Gasteiger partial charge in [-0.2, -0.15) is 0 Å². The third-order valence-electron chi connectivity index (χ3n) is 4.43. The van der Waals surface area contributed by atoms with E-state index in [-0.39, 0.29) is 17.3 Å². The normalized spacial score (nSPS) is 16.0. The number of anilines is 1. The number of H-pyrrole nitrogens is 1. The molecular weight excluding hydrogens is 278 g/mol. The van der Waals surface area contributed by atoms with Gasteiger partial charge in [0.25, 0.3) is 5.56 Å². The zero-order valence-electron chi connectivity index (χ0n) is 12.7. The summed E-state index contributed by atoms with van der Waals surface area (Å²) in [6.07, 6.45) is 3.58. The number of nitrogens with zero attached hydrogens (tertiary/aromatic N) is 1. The third kappa shape index (κ3) is 2.84. The lowest BCUT2D eigenvalue weighted by atomic mass is 9.77. The van der Waals surface area contributed by atoms with Gasteiger partial charge in [0.15, 0.2) is 0 Å². The quantitative estimate of drug-likeness (QED) is 0.891. The molecule has 1 aromatic carbocycles. The van der Waals surface area contributed by atoms with Crippen LogP contribution in [-0.2, 0) is 6.54 Å². The van der Waals surface area contributed by atoms with Crippen molar-refractivity contribution in [1.82, 2.24) is 9.55 Å². The Bertz CT molecular complexity index is 713. The van der Waals surface area contributed by atoms with E-state index >= 15 is 0 Å². The summed E-state index contributed by atoms with van der Waals surface area (Å²) in [5.74, 6) is 1.04. The molecule has 2 N–H and O–H groups in total. The molecule has 5 heteroatoms. The van der Waals surface area contributed by atoms with Crippen molar-refractivity contribution in [2.24, 2.45) is 5.92 Å². The van der Waals surface area contributed by atoms with Gasteiger partial charge in [0.05, 0.1) is 6.04 Å². The predicted molar refractivity (Wildman–Crippen MR) is 87.1 cm³/mol. The van der Waals surface area contributed by atoms with E-state index in [1.165, 1.54) is 35.5 Å². The van der Waals surface area contributed by atoms with Gasteiger partial charge in [-0.25, -0.2) is 4.79 Å². The highest BCUT2D eigenvalue weighted by Crippen LogP contribution is 2.39. The fourth-order valence-electron chi connectivity index (χ4n) is 2.97. The van der Waals surface area contributed by atoms with Gasteiger partial charge in [0, 0.05) is 12.6 Å². The van der Waals surface area contributed by atoms with Crippen LogP contribution in [-0.4, -0.2) is 9.55 Å². The van der Waals surface area contributed by atoms with Crippen molar-refractivity contribution in [2.45, 2.75) is 38.8 Å². The first kappa shape index (κ1) is 14.6. The molecule has 1 aliphatic rings. The maximum atomic E-state index is 12.0. The van der Waals surface area contributed by atoms with E-state index in [9.17, 15) is 9.59 Å². The van der Waals surface area contributed by atoms with Crippen LogP contribution < -0.4 is 16.6 Å². The molecule has 1 fully saturated rings. The van der Waals surface area contributed by atoms with Gasteiger partial charge in [-0.3, -0.25) is 14.3 Å². The van der Waals surface area contributed by atoms with Gasteiger partial charge in [-0.05, 0) is 31.2 Å². The molecular formula is C17H21N3O2. The van der Waals surface area contributed by atoms with E-state index in [2.05, 4.69) is 22.4 Å². The first-order valence-electron chi connectivity index (χ1n) is 7.84. The molecule has 5 nitrogen and oxygen atoms in total. The van der Waals surface area contributed by atoms with Gasteiger partial charge in [-0.15, -0.1) is 0 Å².